The van der Waals surface area contributed by atoms with Crippen molar-refractivity contribution in [3.63, 3.8) is 0 Å². The first-order valence-electron chi connectivity index (χ1n) is 6.20. The van der Waals surface area contributed by atoms with Crippen molar-refractivity contribution in [3.05, 3.63) is 64.4 Å². The zero-order valence-electron chi connectivity index (χ0n) is 10.8. The maximum Gasteiger partial charge on any atom is 0.255 e. The van der Waals surface area contributed by atoms with Gasteiger partial charge in [-0.05, 0) is 27.6 Å². The SMILES string of the molecule is O=C(c1cncc(Br)c1)N(CCCl)Cc1ccccc1. The molecule has 0 bridgehead atoms. The number of hydrogen-bond acceptors (Lipinski definition) is 2. The quantitative estimate of drug-likeness (QED) is 0.768. The van der Waals surface area contributed by atoms with Crippen LogP contribution >= 0.6 is 27.5 Å². The van der Waals surface area contributed by atoms with E-state index in [2.05, 4.69) is 20.9 Å². The lowest BCUT2D eigenvalue weighted by Gasteiger charge is -2.21. The van der Waals surface area contributed by atoms with Crippen molar-refractivity contribution in [3.8, 4) is 0 Å². The van der Waals surface area contributed by atoms with Gasteiger partial charge in [-0.2, -0.15) is 0 Å². The van der Waals surface area contributed by atoms with Crippen LogP contribution in [0.1, 0.15) is 15.9 Å². The normalized spacial score (nSPS) is 10.3. The number of benzene rings is 1. The van der Waals surface area contributed by atoms with Crippen LogP contribution in [0, 0.1) is 0 Å². The van der Waals surface area contributed by atoms with Gasteiger partial charge in [0.15, 0.2) is 0 Å². The summed E-state index contributed by atoms with van der Waals surface area (Å²) in [7, 11) is 0. The van der Waals surface area contributed by atoms with Crippen molar-refractivity contribution in [1.82, 2.24) is 9.88 Å². The number of halogens is 2. The Bertz CT molecular complexity index is 577. The van der Waals surface area contributed by atoms with Crippen LogP contribution in [0.4, 0.5) is 0 Å². The second-order valence-corrected chi connectivity index (χ2v) is 5.59. The first-order valence-corrected chi connectivity index (χ1v) is 7.53. The minimum absolute atomic E-state index is 0.0664. The number of pyridine rings is 1. The van der Waals surface area contributed by atoms with Crippen LogP contribution in [0.25, 0.3) is 0 Å². The van der Waals surface area contributed by atoms with Gasteiger partial charge in [0.05, 0.1) is 5.56 Å². The van der Waals surface area contributed by atoms with Gasteiger partial charge >= 0.3 is 0 Å². The highest BCUT2D eigenvalue weighted by Crippen LogP contribution is 2.14. The van der Waals surface area contributed by atoms with E-state index in [1.54, 1.807) is 23.4 Å². The molecule has 0 spiro atoms. The number of hydrogen-bond donors (Lipinski definition) is 0. The summed E-state index contributed by atoms with van der Waals surface area (Å²) in [4.78, 5) is 18.3. The molecule has 5 heteroatoms. The molecule has 0 fully saturated rings. The fourth-order valence-electron chi connectivity index (χ4n) is 1.87. The molecule has 0 aliphatic heterocycles. The van der Waals surface area contributed by atoms with Crippen LogP contribution in [0.3, 0.4) is 0 Å². The minimum atomic E-state index is -0.0664. The smallest absolute Gasteiger partial charge is 0.255 e. The van der Waals surface area contributed by atoms with E-state index in [0.717, 1.165) is 10.0 Å². The highest BCUT2D eigenvalue weighted by molar-refractivity contribution is 9.10. The standard InChI is InChI=1S/C15H14BrClN2O/c16-14-8-13(9-18-10-14)15(20)19(7-6-17)11-12-4-2-1-3-5-12/h1-5,8-10H,6-7,11H2. The van der Waals surface area contributed by atoms with E-state index in [9.17, 15) is 4.79 Å². The summed E-state index contributed by atoms with van der Waals surface area (Å²) in [5.41, 5.74) is 1.63. The summed E-state index contributed by atoms with van der Waals surface area (Å²) < 4.78 is 0.786. The monoisotopic (exact) mass is 352 g/mol. The maximum atomic E-state index is 12.5. The van der Waals surface area contributed by atoms with Gasteiger partial charge < -0.3 is 4.90 Å². The lowest BCUT2D eigenvalue weighted by atomic mass is 10.2. The number of carbonyl (C=O) groups excluding carboxylic acids is 1. The minimum Gasteiger partial charge on any atom is -0.333 e. The average molecular weight is 354 g/mol. The molecule has 0 aliphatic carbocycles. The Balaban J connectivity index is 2.18. The molecule has 0 saturated carbocycles. The second-order valence-electron chi connectivity index (χ2n) is 4.29. The summed E-state index contributed by atoms with van der Waals surface area (Å²) >= 11 is 9.13. The molecule has 104 valence electrons. The largest absolute Gasteiger partial charge is 0.333 e. The van der Waals surface area contributed by atoms with E-state index in [0.29, 0.717) is 24.5 Å². The maximum absolute atomic E-state index is 12.5. The van der Waals surface area contributed by atoms with Crippen molar-refractivity contribution in [2.45, 2.75) is 6.54 Å². The summed E-state index contributed by atoms with van der Waals surface area (Å²) in [5.74, 6) is 0.336. The Hall–Kier alpha value is -1.39. The molecule has 0 N–H and O–H groups in total. The van der Waals surface area contributed by atoms with Gasteiger partial charge in [-0.1, -0.05) is 30.3 Å². The van der Waals surface area contributed by atoms with Crippen molar-refractivity contribution >= 4 is 33.4 Å². The van der Waals surface area contributed by atoms with Crippen molar-refractivity contribution in [1.29, 1.82) is 0 Å². The molecular formula is C15H14BrClN2O. The topological polar surface area (TPSA) is 33.2 Å². The summed E-state index contributed by atoms with van der Waals surface area (Å²) in [6.07, 6.45) is 3.22. The molecular weight excluding hydrogens is 340 g/mol. The van der Waals surface area contributed by atoms with E-state index in [1.165, 1.54) is 0 Å². The Morgan fingerprint density at radius 3 is 2.65 bits per heavy atom. The van der Waals surface area contributed by atoms with Gasteiger partial charge in [-0.15, -0.1) is 11.6 Å². The van der Waals surface area contributed by atoms with Crippen LogP contribution in [-0.2, 0) is 6.54 Å². The number of nitrogens with zero attached hydrogens (tertiary/aromatic N) is 2. The zero-order valence-corrected chi connectivity index (χ0v) is 13.1. The molecule has 0 radical (unpaired) electrons. The Morgan fingerprint density at radius 1 is 1.25 bits per heavy atom. The third-order valence-electron chi connectivity index (χ3n) is 2.81. The third-order valence-corrected chi connectivity index (χ3v) is 3.41. The van der Waals surface area contributed by atoms with Gasteiger partial charge in [-0.3, -0.25) is 9.78 Å². The molecule has 2 rings (SSSR count). The molecule has 0 atom stereocenters. The predicted molar refractivity (Wildman–Crippen MR) is 83.8 cm³/mol. The molecule has 0 unspecified atom stereocenters. The van der Waals surface area contributed by atoms with Crippen LogP contribution in [0.2, 0.25) is 0 Å². The molecule has 20 heavy (non-hydrogen) atoms. The van der Waals surface area contributed by atoms with Gasteiger partial charge in [-0.25, -0.2) is 0 Å². The lowest BCUT2D eigenvalue weighted by molar-refractivity contribution is 0.0753. The Labute approximate surface area is 131 Å². The molecule has 1 heterocycles. The predicted octanol–water partition coefficient (Wildman–Crippen LogP) is 3.73. The van der Waals surface area contributed by atoms with Crippen LogP contribution < -0.4 is 0 Å². The molecule has 1 amide bonds. The van der Waals surface area contributed by atoms with Crippen molar-refractivity contribution in [2.24, 2.45) is 0 Å². The van der Waals surface area contributed by atoms with E-state index < -0.39 is 0 Å². The second kappa shape index (κ2) is 7.41. The number of alkyl halides is 1. The summed E-state index contributed by atoms with van der Waals surface area (Å²) in [5, 5.41) is 0. The fourth-order valence-corrected chi connectivity index (χ4v) is 2.44. The molecule has 1 aromatic heterocycles. The van der Waals surface area contributed by atoms with E-state index >= 15 is 0 Å². The summed E-state index contributed by atoms with van der Waals surface area (Å²) in [6.45, 7) is 1.04. The number of carbonyl (C=O) groups is 1. The molecule has 0 saturated heterocycles. The number of amides is 1. The first kappa shape index (κ1) is 15.0. The van der Waals surface area contributed by atoms with Gasteiger partial charge in [0.1, 0.15) is 0 Å². The van der Waals surface area contributed by atoms with Crippen molar-refractivity contribution in [2.75, 3.05) is 12.4 Å². The Kier molecular flexibility index (Phi) is 5.56. The van der Waals surface area contributed by atoms with Crippen LogP contribution in [0.15, 0.2) is 53.3 Å². The van der Waals surface area contributed by atoms with Gasteiger partial charge in [0.2, 0.25) is 0 Å². The molecule has 0 aliphatic rings. The van der Waals surface area contributed by atoms with E-state index in [4.69, 9.17) is 11.6 Å². The van der Waals surface area contributed by atoms with Crippen molar-refractivity contribution < 1.29 is 4.79 Å². The van der Waals surface area contributed by atoms with E-state index in [1.807, 2.05) is 30.3 Å². The average Bonchev–Trinajstić information content (AvgIpc) is 2.47. The number of rotatable bonds is 5. The van der Waals surface area contributed by atoms with Gasteiger partial charge in [0, 0.05) is 35.8 Å². The van der Waals surface area contributed by atoms with E-state index in [-0.39, 0.29) is 5.91 Å². The summed E-state index contributed by atoms with van der Waals surface area (Å²) in [6, 6.07) is 11.6. The fraction of sp³-hybridized carbons (Fsp3) is 0.200. The first-order chi connectivity index (χ1) is 9.70. The number of aromatic nitrogens is 1. The Morgan fingerprint density at radius 2 is 2.00 bits per heavy atom. The highest BCUT2D eigenvalue weighted by atomic mass is 79.9. The zero-order chi connectivity index (χ0) is 14.4. The highest BCUT2D eigenvalue weighted by Gasteiger charge is 2.16. The molecule has 3 nitrogen and oxygen atoms in total. The van der Waals surface area contributed by atoms with Crippen LogP contribution in [-0.4, -0.2) is 28.2 Å². The van der Waals surface area contributed by atoms with Crippen LogP contribution in [0.5, 0.6) is 0 Å². The lowest BCUT2D eigenvalue weighted by Crippen LogP contribution is -2.32. The third kappa shape index (κ3) is 4.05. The molecule has 1 aromatic carbocycles. The van der Waals surface area contributed by atoms with Gasteiger partial charge in [0.25, 0.3) is 5.91 Å². The molecule has 2 aromatic rings.